The minimum Gasteiger partial charge on any atom is -0.475 e. The van der Waals surface area contributed by atoms with Crippen LogP contribution in [0.5, 0.6) is 0 Å². The second-order valence-electron chi connectivity index (χ2n) is 4.70. The topological polar surface area (TPSA) is 50.4 Å². The molecule has 3 aromatic rings. The normalized spacial score (nSPS) is 10.8. The number of hydrogen-bond acceptors (Lipinski definition) is 2. The number of benzene rings is 2. The Balaban J connectivity index is 1.97. The van der Waals surface area contributed by atoms with Crippen molar-refractivity contribution in [3.8, 4) is 0 Å². The third kappa shape index (κ3) is 2.30. The molecule has 1 aromatic heterocycles. The van der Waals surface area contributed by atoms with E-state index >= 15 is 0 Å². The number of carbonyl (C=O) groups is 1. The predicted octanol–water partition coefficient (Wildman–Crippen LogP) is 3.92. The first-order valence-corrected chi connectivity index (χ1v) is 6.53. The third-order valence-electron chi connectivity index (χ3n) is 3.40. The van der Waals surface area contributed by atoms with Crippen molar-refractivity contribution in [1.82, 2.24) is 0 Å². The Morgan fingerprint density at radius 3 is 2.40 bits per heavy atom. The zero-order chi connectivity index (χ0) is 13.9. The summed E-state index contributed by atoms with van der Waals surface area (Å²) in [5.41, 5.74) is 2.60. The number of para-hydroxylation sites is 1. The number of aromatic carboxylic acids is 1. The number of rotatable bonds is 4. The molecule has 3 rings (SSSR count). The maximum absolute atomic E-state index is 11.3. The van der Waals surface area contributed by atoms with E-state index in [1.54, 1.807) is 6.07 Å². The van der Waals surface area contributed by atoms with E-state index in [0.29, 0.717) is 12.0 Å². The summed E-state index contributed by atoms with van der Waals surface area (Å²) < 4.78 is 5.45. The molecular weight excluding hydrogens is 252 g/mol. The zero-order valence-corrected chi connectivity index (χ0v) is 10.9. The molecule has 1 heterocycles. The quantitative estimate of drug-likeness (QED) is 0.778. The Morgan fingerprint density at radius 2 is 1.65 bits per heavy atom. The van der Waals surface area contributed by atoms with Crippen LogP contribution >= 0.6 is 0 Å². The molecule has 0 amide bonds. The molecule has 0 radical (unpaired) electrons. The largest absolute Gasteiger partial charge is 0.475 e. The summed E-state index contributed by atoms with van der Waals surface area (Å²) in [6.45, 7) is 0. The van der Waals surface area contributed by atoms with Crippen molar-refractivity contribution in [1.29, 1.82) is 0 Å². The fourth-order valence-corrected chi connectivity index (χ4v) is 2.43. The second-order valence-corrected chi connectivity index (χ2v) is 4.70. The standard InChI is InChI=1S/C17H14O3/c18-17(19)16-14(11-10-12-6-2-1-3-7-12)13-8-4-5-9-15(13)20-16/h1-9H,10-11H2,(H,18,19). The summed E-state index contributed by atoms with van der Waals surface area (Å²) in [7, 11) is 0. The van der Waals surface area contributed by atoms with Crippen LogP contribution in [0, 0.1) is 0 Å². The molecule has 3 heteroatoms. The van der Waals surface area contributed by atoms with Crippen LogP contribution in [-0.2, 0) is 12.8 Å². The van der Waals surface area contributed by atoms with Gasteiger partial charge < -0.3 is 9.52 Å². The fourth-order valence-electron chi connectivity index (χ4n) is 2.43. The van der Waals surface area contributed by atoms with Gasteiger partial charge in [-0.15, -0.1) is 0 Å². The van der Waals surface area contributed by atoms with Gasteiger partial charge in [-0.3, -0.25) is 0 Å². The highest BCUT2D eigenvalue weighted by Crippen LogP contribution is 2.27. The van der Waals surface area contributed by atoms with Gasteiger partial charge in [-0.2, -0.15) is 0 Å². The van der Waals surface area contributed by atoms with E-state index in [1.807, 2.05) is 48.5 Å². The first-order valence-electron chi connectivity index (χ1n) is 6.53. The van der Waals surface area contributed by atoms with E-state index in [-0.39, 0.29) is 5.76 Å². The number of carboxylic acids is 1. The molecule has 0 bridgehead atoms. The van der Waals surface area contributed by atoms with Gasteiger partial charge in [0.05, 0.1) is 0 Å². The first kappa shape index (κ1) is 12.5. The fraction of sp³-hybridized carbons (Fsp3) is 0.118. The van der Waals surface area contributed by atoms with Crippen LogP contribution in [0.25, 0.3) is 11.0 Å². The van der Waals surface area contributed by atoms with E-state index in [2.05, 4.69) is 0 Å². The molecule has 3 nitrogen and oxygen atoms in total. The van der Waals surface area contributed by atoms with Crippen molar-refractivity contribution in [3.05, 3.63) is 71.5 Å². The van der Waals surface area contributed by atoms with Gasteiger partial charge in [0, 0.05) is 10.9 Å². The van der Waals surface area contributed by atoms with Crippen molar-refractivity contribution in [3.63, 3.8) is 0 Å². The van der Waals surface area contributed by atoms with Crippen LogP contribution in [0.2, 0.25) is 0 Å². The van der Waals surface area contributed by atoms with Crippen molar-refractivity contribution in [2.24, 2.45) is 0 Å². The van der Waals surface area contributed by atoms with Crippen LogP contribution in [-0.4, -0.2) is 11.1 Å². The molecule has 1 N–H and O–H groups in total. The van der Waals surface area contributed by atoms with Crippen LogP contribution in [0.4, 0.5) is 0 Å². The smallest absolute Gasteiger partial charge is 0.372 e. The number of aryl methyl sites for hydroxylation is 2. The summed E-state index contributed by atoms with van der Waals surface area (Å²) in [6, 6.07) is 17.5. The van der Waals surface area contributed by atoms with Crippen molar-refractivity contribution in [2.45, 2.75) is 12.8 Å². The predicted molar refractivity (Wildman–Crippen MR) is 77.0 cm³/mol. The summed E-state index contributed by atoms with van der Waals surface area (Å²) in [6.07, 6.45) is 1.45. The molecule has 0 fully saturated rings. The number of hydrogen-bond donors (Lipinski definition) is 1. The summed E-state index contributed by atoms with van der Waals surface area (Å²) in [4.78, 5) is 11.3. The third-order valence-corrected chi connectivity index (χ3v) is 3.40. The average Bonchev–Trinajstić information content (AvgIpc) is 2.85. The molecule has 0 saturated heterocycles. The van der Waals surface area contributed by atoms with E-state index in [0.717, 1.165) is 17.4 Å². The number of carboxylic acid groups (broad SMARTS) is 1. The lowest BCUT2D eigenvalue weighted by molar-refractivity contribution is 0.0663. The van der Waals surface area contributed by atoms with E-state index in [1.165, 1.54) is 5.56 Å². The summed E-state index contributed by atoms with van der Waals surface area (Å²) in [5, 5.41) is 10.2. The minimum absolute atomic E-state index is 0.0575. The van der Waals surface area contributed by atoms with Gasteiger partial charge in [-0.05, 0) is 24.5 Å². The molecule has 0 atom stereocenters. The lowest BCUT2D eigenvalue weighted by Crippen LogP contribution is -2.00. The molecule has 2 aromatic carbocycles. The molecular formula is C17H14O3. The maximum atomic E-state index is 11.3. The number of furan rings is 1. The van der Waals surface area contributed by atoms with Gasteiger partial charge in [-0.1, -0.05) is 48.5 Å². The molecule has 100 valence electrons. The first-order chi connectivity index (χ1) is 9.75. The van der Waals surface area contributed by atoms with Gasteiger partial charge in [0.15, 0.2) is 0 Å². The van der Waals surface area contributed by atoms with E-state index in [4.69, 9.17) is 4.42 Å². The molecule has 0 aliphatic carbocycles. The summed E-state index contributed by atoms with van der Waals surface area (Å²) in [5.74, 6) is -0.952. The lowest BCUT2D eigenvalue weighted by Gasteiger charge is -2.01. The number of fused-ring (bicyclic) bond motifs is 1. The lowest BCUT2D eigenvalue weighted by atomic mass is 10.0. The molecule has 0 aliphatic rings. The van der Waals surface area contributed by atoms with Gasteiger partial charge in [0.2, 0.25) is 5.76 Å². The van der Waals surface area contributed by atoms with Gasteiger partial charge in [0.1, 0.15) is 5.58 Å². The highest BCUT2D eigenvalue weighted by molar-refractivity contribution is 5.95. The van der Waals surface area contributed by atoms with Crippen molar-refractivity contribution < 1.29 is 14.3 Å². The van der Waals surface area contributed by atoms with Crippen molar-refractivity contribution in [2.75, 3.05) is 0 Å². The monoisotopic (exact) mass is 266 g/mol. The molecule has 0 unspecified atom stereocenters. The molecule has 20 heavy (non-hydrogen) atoms. The maximum Gasteiger partial charge on any atom is 0.372 e. The second kappa shape index (κ2) is 5.21. The van der Waals surface area contributed by atoms with Crippen LogP contribution in [0.3, 0.4) is 0 Å². The Bertz CT molecular complexity index is 741. The zero-order valence-electron chi connectivity index (χ0n) is 10.9. The van der Waals surface area contributed by atoms with Crippen LogP contribution in [0.1, 0.15) is 21.7 Å². The Morgan fingerprint density at radius 1 is 0.950 bits per heavy atom. The Labute approximate surface area is 116 Å². The SMILES string of the molecule is O=C(O)c1oc2ccccc2c1CCc1ccccc1. The van der Waals surface area contributed by atoms with E-state index in [9.17, 15) is 9.90 Å². The Kier molecular flexibility index (Phi) is 3.25. The van der Waals surface area contributed by atoms with Gasteiger partial charge in [0.25, 0.3) is 0 Å². The van der Waals surface area contributed by atoms with Crippen LogP contribution < -0.4 is 0 Å². The molecule has 0 saturated carbocycles. The molecule has 0 spiro atoms. The van der Waals surface area contributed by atoms with Crippen molar-refractivity contribution >= 4 is 16.9 Å². The minimum atomic E-state index is -1.01. The van der Waals surface area contributed by atoms with Gasteiger partial charge in [-0.25, -0.2) is 4.79 Å². The highest BCUT2D eigenvalue weighted by atomic mass is 16.4. The van der Waals surface area contributed by atoms with Crippen LogP contribution in [0.15, 0.2) is 59.0 Å². The molecule has 0 aliphatic heterocycles. The summed E-state index contributed by atoms with van der Waals surface area (Å²) >= 11 is 0. The Hall–Kier alpha value is -2.55. The van der Waals surface area contributed by atoms with E-state index < -0.39 is 5.97 Å². The average molecular weight is 266 g/mol. The highest BCUT2D eigenvalue weighted by Gasteiger charge is 2.19. The van der Waals surface area contributed by atoms with Gasteiger partial charge >= 0.3 is 5.97 Å².